The molecule has 2 heterocycles. The van der Waals surface area contributed by atoms with Gasteiger partial charge in [-0.3, -0.25) is 9.89 Å². The molecule has 0 bridgehead atoms. The number of amidine groups is 1. The molecule has 5 nitrogen and oxygen atoms in total. The topological polar surface area (TPSA) is 74.2 Å². The first-order chi connectivity index (χ1) is 6.20. The second-order valence-electron chi connectivity index (χ2n) is 3.19. The molecule has 1 atom stereocenters. The number of guanidine groups is 1. The maximum atomic E-state index is 8.93. The largest absolute Gasteiger partial charge is 0.394 e. The van der Waals surface area contributed by atoms with Gasteiger partial charge in [0.05, 0.1) is 19.2 Å². The highest BCUT2D eigenvalue weighted by Crippen LogP contribution is 2.15. The smallest absolute Gasteiger partial charge is 0.201 e. The summed E-state index contributed by atoms with van der Waals surface area (Å²) < 4.78 is 0. The van der Waals surface area contributed by atoms with E-state index in [0.29, 0.717) is 12.5 Å². The van der Waals surface area contributed by atoms with Crippen LogP contribution in [0, 0.1) is 0 Å². The normalized spacial score (nSPS) is 26.5. The minimum Gasteiger partial charge on any atom is -0.394 e. The number of aliphatic imine (C=N–C) groups is 2. The van der Waals surface area contributed by atoms with Crippen molar-refractivity contribution in [1.82, 2.24) is 4.90 Å². The van der Waals surface area contributed by atoms with Crippen LogP contribution in [-0.4, -0.2) is 41.0 Å². The summed E-state index contributed by atoms with van der Waals surface area (Å²) in [4.78, 5) is 10.2. The van der Waals surface area contributed by atoms with Crippen LogP contribution in [0.5, 0.6) is 0 Å². The molecule has 0 spiro atoms. The fourth-order valence-corrected chi connectivity index (χ4v) is 1.49. The van der Waals surface area contributed by atoms with Crippen molar-refractivity contribution < 1.29 is 5.11 Å². The van der Waals surface area contributed by atoms with Gasteiger partial charge in [-0.25, -0.2) is 4.99 Å². The Morgan fingerprint density at radius 3 is 3.23 bits per heavy atom. The second-order valence-corrected chi connectivity index (χ2v) is 3.19. The Morgan fingerprint density at radius 2 is 2.54 bits per heavy atom. The highest BCUT2D eigenvalue weighted by atomic mass is 16.3. The molecule has 2 rings (SSSR count). The zero-order chi connectivity index (χ0) is 9.42. The van der Waals surface area contributed by atoms with Gasteiger partial charge in [0.1, 0.15) is 5.84 Å². The number of rotatable bonds is 1. The number of hydrogen-bond acceptors (Lipinski definition) is 5. The van der Waals surface area contributed by atoms with Crippen molar-refractivity contribution in [2.24, 2.45) is 15.7 Å². The zero-order valence-corrected chi connectivity index (χ0v) is 7.44. The first-order valence-corrected chi connectivity index (χ1v) is 4.19. The molecule has 0 saturated carbocycles. The summed E-state index contributed by atoms with van der Waals surface area (Å²) in [6.45, 7) is 2.56. The van der Waals surface area contributed by atoms with E-state index >= 15 is 0 Å². The summed E-state index contributed by atoms with van der Waals surface area (Å²) in [6, 6.07) is -0.0640. The number of hydrogen-bond donors (Lipinski definition) is 2. The quantitative estimate of drug-likeness (QED) is 0.560. The maximum absolute atomic E-state index is 8.93. The van der Waals surface area contributed by atoms with E-state index in [1.165, 1.54) is 0 Å². The molecule has 0 radical (unpaired) electrons. The van der Waals surface area contributed by atoms with E-state index in [1.54, 1.807) is 0 Å². The minimum absolute atomic E-state index is 0.0557. The average molecular weight is 180 g/mol. The van der Waals surface area contributed by atoms with Crippen LogP contribution in [0.1, 0.15) is 6.92 Å². The van der Waals surface area contributed by atoms with Gasteiger partial charge >= 0.3 is 0 Å². The van der Waals surface area contributed by atoms with Crippen LogP contribution in [0.2, 0.25) is 0 Å². The van der Waals surface area contributed by atoms with Crippen molar-refractivity contribution in [1.29, 1.82) is 0 Å². The molecule has 5 heteroatoms. The van der Waals surface area contributed by atoms with E-state index < -0.39 is 0 Å². The molecule has 1 unspecified atom stereocenters. The van der Waals surface area contributed by atoms with Crippen LogP contribution in [0.15, 0.2) is 21.8 Å². The highest BCUT2D eigenvalue weighted by molar-refractivity contribution is 6.08. The van der Waals surface area contributed by atoms with Crippen molar-refractivity contribution >= 4 is 11.8 Å². The Hall–Kier alpha value is -1.36. The molecule has 70 valence electrons. The van der Waals surface area contributed by atoms with Crippen molar-refractivity contribution in [2.75, 3.05) is 13.2 Å². The van der Waals surface area contributed by atoms with Crippen molar-refractivity contribution in [3.8, 4) is 0 Å². The Kier molecular flexibility index (Phi) is 1.81. The third kappa shape index (κ3) is 1.31. The van der Waals surface area contributed by atoms with Gasteiger partial charge in [-0.15, -0.1) is 0 Å². The third-order valence-electron chi connectivity index (χ3n) is 2.10. The lowest BCUT2D eigenvalue weighted by Gasteiger charge is -2.21. The van der Waals surface area contributed by atoms with Gasteiger partial charge in [0, 0.05) is 11.8 Å². The van der Waals surface area contributed by atoms with Crippen LogP contribution >= 0.6 is 0 Å². The summed E-state index contributed by atoms with van der Waals surface area (Å²) in [5, 5.41) is 8.93. The fraction of sp³-hybridized carbons (Fsp3) is 0.500. The van der Waals surface area contributed by atoms with E-state index in [2.05, 4.69) is 9.98 Å². The molecule has 2 aliphatic heterocycles. The minimum atomic E-state index is -0.0640. The molecule has 0 fully saturated rings. The number of nitrogens with zero attached hydrogens (tertiary/aromatic N) is 3. The standard InChI is InChI=1S/C8H12N4O/c1-5-2-7-11-6(4-13)3-12(7)8(9)10-5/h2,6,13H,3-4H2,1H3,(H2,9,10). The molecule has 13 heavy (non-hydrogen) atoms. The summed E-state index contributed by atoms with van der Waals surface area (Å²) in [5.41, 5.74) is 6.55. The van der Waals surface area contributed by atoms with Crippen molar-refractivity contribution in [2.45, 2.75) is 13.0 Å². The van der Waals surface area contributed by atoms with Crippen LogP contribution in [0.3, 0.4) is 0 Å². The second kappa shape index (κ2) is 2.85. The first kappa shape index (κ1) is 8.25. The van der Waals surface area contributed by atoms with Gasteiger partial charge in [-0.05, 0) is 6.92 Å². The monoisotopic (exact) mass is 180 g/mol. The Labute approximate surface area is 76.3 Å². The molecule has 0 saturated heterocycles. The van der Waals surface area contributed by atoms with Gasteiger partial charge < -0.3 is 10.8 Å². The van der Waals surface area contributed by atoms with Crippen LogP contribution < -0.4 is 5.73 Å². The molecule has 0 aromatic carbocycles. The SMILES string of the molecule is CC1=CC2=NC(CO)CN2C(N)=N1. The summed E-state index contributed by atoms with van der Waals surface area (Å²) in [7, 11) is 0. The lowest BCUT2D eigenvalue weighted by Crippen LogP contribution is -2.42. The summed E-state index contributed by atoms with van der Waals surface area (Å²) >= 11 is 0. The molecule has 0 aromatic heterocycles. The van der Waals surface area contributed by atoms with Gasteiger partial charge in [0.25, 0.3) is 0 Å². The van der Waals surface area contributed by atoms with Crippen LogP contribution in [-0.2, 0) is 0 Å². The van der Waals surface area contributed by atoms with Gasteiger partial charge in [-0.2, -0.15) is 0 Å². The molecule has 0 aliphatic carbocycles. The number of aliphatic hydroxyl groups is 1. The number of fused-ring (bicyclic) bond motifs is 1. The predicted molar refractivity (Wildman–Crippen MR) is 50.4 cm³/mol. The highest BCUT2D eigenvalue weighted by Gasteiger charge is 2.27. The van der Waals surface area contributed by atoms with Gasteiger partial charge in [0.2, 0.25) is 5.96 Å². The summed E-state index contributed by atoms with van der Waals surface area (Å²) in [5.74, 6) is 1.28. The van der Waals surface area contributed by atoms with Gasteiger partial charge in [0.15, 0.2) is 0 Å². The molecule has 3 N–H and O–H groups in total. The van der Waals surface area contributed by atoms with E-state index in [4.69, 9.17) is 10.8 Å². The van der Waals surface area contributed by atoms with E-state index in [0.717, 1.165) is 11.5 Å². The number of aliphatic hydroxyl groups excluding tert-OH is 1. The Morgan fingerprint density at radius 1 is 1.77 bits per heavy atom. The van der Waals surface area contributed by atoms with E-state index in [1.807, 2.05) is 17.9 Å². The Balaban J connectivity index is 2.29. The lowest BCUT2D eigenvalue weighted by molar-refractivity contribution is 0.265. The van der Waals surface area contributed by atoms with Gasteiger partial charge in [-0.1, -0.05) is 0 Å². The van der Waals surface area contributed by atoms with Crippen LogP contribution in [0.25, 0.3) is 0 Å². The number of nitrogens with two attached hydrogens (primary N) is 1. The van der Waals surface area contributed by atoms with E-state index in [-0.39, 0.29) is 12.6 Å². The molecule has 2 aliphatic rings. The fourth-order valence-electron chi connectivity index (χ4n) is 1.49. The maximum Gasteiger partial charge on any atom is 0.201 e. The molecular weight excluding hydrogens is 168 g/mol. The third-order valence-corrected chi connectivity index (χ3v) is 2.10. The number of allylic oxidation sites excluding steroid dienone is 1. The molecule has 0 aromatic rings. The van der Waals surface area contributed by atoms with E-state index in [9.17, 15) is 0 Å². The van der Waals surface area contributed by atoms with Crippen molar-refractivity contribution in [3.63, 3.8) is 0 Å². The average Bonchev–Trinajstić information content (AvgIpc) is 2.47. The molecule has 0 amide bonds. The first-order valence-electron chi connectivity index (χ1n) is 4.19. The lowest BCUT2D eigenvalue weighted by atomic mass is 10.3. The van der Waals surface area contributed by atoms with Crippen LogP contribution in [0.4, 0.5) is 0 Å². The molecular formula is C8H12N4O. The predicted octanol–water partition coefficient (Wildman–Crippen LogP) is -0.707. The zero-order valence-electron chi connectivity index (χ0n) is 7.44. The van der Waals surface area contributed by atoms with Crippen molar-refractivity contribution in [3.05, 3.63) is 11.8 Å². The Bertz CT molecular complexity index is 318. The summed E-state index contributed by atoms with van der Waals surface area (Å²) in [6.07, 6.45) is 1.87.